The molecule has 0 bridgehead atoms. The van der Waals surface area contributed by atoms with Crippen LogP contribution in [0.1, 0.15) is 17.0 Å². The van der Waals surface area contributed by atoms with Crippen LogP contribution in [0.5, 0.6) is 0 Å². The summed E-state index contributed by atoms with van der Waals surface area (Å²) in [6, 6.07) is 3.93. The van der Waals surface area contributed by atoms with Crippen molar-refractivity contribution in [2.24, 2.45) is 0 Å². The first-order chi connectivity index (χ1) is 12.2. The minimum absolute atomic E-state index is 0.0194. The largest absolute Gasteiger partial charge is 0.508 e. The van der Waals surface area contributed by atoms with Crippen LogP contribution in [0.4, 0.5) is 5.82 Å². The monoisotopic (exact) mass is 353 g/mol. The number of nitrogens with one attached hydrogen (secondary N) is 1. The summed E-state index contributed by atoms with van der Waals surface area (Å²) in [7, 11) is 1.84. The molecule has 2 aromatic heterocycles. The molecule has 0 unspecified atom stereocenters. The molecule has 0 fully saturated rings. The highest BCUT2D eigenvalue weighted by Crippen LogP contribution is 2.09. The van der Waals surface area contributed by atoms with Gasteiger partial charge in [0.1, 0.15) is 11.6 Å². The van der Waals surface area contributed by atoms with Gasteiger partial charge in [-0.1, -0.05) is 30.4 Å². The second kappa shape index (κ2) is 7.81. The predicted molar refractivity (Wildman–Crippen MR) is 103 cm³/mol. The number of hydrogen-bond donors (Lipinski definition) is 3. The number of anilines is 1. The lowest BCUT2D eigenvalue weighted by molar-refractivity contribution is 0.339. The number of hydrogen-bond acceptors (Lipinski definition) is 6. The van der Waals surface area contributed by atoms with Gasteiger partial charge in [-0.3, -0.25) is 0 Å². The maximum atomic E-state index is 9.69. The molecule has 1 aliphatic carbocycles. The summed E-state index contributed by atoms with van der Waals surface area (Å²) in [6.07, 6.45) is 14.2. The summed E-state index contributed by atoms with van der Waals surface area (Å²) in [4.78, 5) is 8.76. The van der Waals surface area contributed by atoms with Crippen LogP contribution in [0.15, 0.2) is 48.1 Å². The Bertz CT molecular complexity index is 954. The van der Waals surface area contributed by atoms with Gasteiger partial charge in [0, 0.05) is 32.2 Å². The zero-order valence-corrected chi connectivity index (χ0v) is 14.6. The van der Waals surface area contributed by atoms with Crippen molar-refractivity contribution < 1.29 is 10.2 Å². The molecule has 0 aliphatic heterocycles. The summed E-state index contributed by atoms with van der Waals surface area (Å²) < 4.78 is 0.977. The second-order valence-electron chi connectivity index (χ2n) is 5.46. The quantitative estimate of drug-likeness (QED) is 0.721. The molecule has 0 amide bonds. The van der Waals surface area contributed by atoms with Gasteiger partial charge in [-0.25, -0.2) is 9.97 Å². The van der Waals surface area contributed by atoms with Crippen molar-refractivity contribution in [1.29, 1.82) is 0 Å². The van der Waals surface area contributed by atoms with Crippen molar-refractivity contribution in [3.05, 3.63) is 68.5 Å². The Hall–Kier alpha value is -2.86. The first kappa shape index (κ1) is 17.0. The topological polar surface area (TPSA) is 78.3 Å². The molecular formula is C19H19N3O2S. The SMILES string of the molecule is CNc1ccc(/C=C/C=C/Cc2nc3c(s2)=CCC(O)=C(O)C=3)cn1. The first-order valence-corrected chi connectivity index (χ1v) is 8.73. The minimum Gasteiger partial charge on any atom is -0.508 e. The van der Waals surface area contributed by atoms with Gasteiger partial charge in [-0.2, -0.15) is 0 Å². The Morgan fingerprint density at radius 2 is 2.16 bits per heavy atom. The Balaban J connectivity index is 1.63. The fourth-order valence-corrected chi connectivity index (χ4v) is 3.25. The molecular weight excluding hydrogens is 334 g/mol. The van der Waals surface area contributed by atoms with E-state index in [2.05, 4.69) is 15.3 Å². The van der Waals surface area contributed by atoms with Crippen molar-refractivity contribution in [3.63, 3.8) is 0 Å². The van der Waals surface area contributed by atoms with Crippen LogP contribution in [-0.2, 0) is 6.42 Å². The minimum atomic E-state index is -0.108. The molecule has 0 saturated carbocycles. The number of pyridine rings is 1. The molecule has 2 heterocycles. The number of rotatable bonds is 5. The van der Waals surface area contributed by atoms with E-state index in [4.69, 9.17) is 0 Å². The molecule has 3 rings (SSSR count). The predicted octanol–water partition coefficient (Wildman–Crippen LogP) is 2.68. The molecule has 0 radical (unpaired) electrons. The van der Waals surface area contributed by atoms with E-state index in [9.17, 15) is 10.2 Å². The van der Waals surface area contributed by atoms with Gasteiger partial charge in [0.25, 0.3) is 0 Å². The Morgan fingerprint density at radius 3 is 2.92 bits per heavy atom. The maximum absolute atomic E-state index is 9.69. The van der Waals surface area contributed by atoms with Crippen LogP contribution in [0.25, 0.3) is 18.2 Å². The lowest BCUT2D eigenvalue weighted by Crippen LogP contribution is -2.20. The number of thiazole rings is 1. The molecule has 0 aromatic carbocycles. The van der Waals surface area contributed by atoms with Gasteiger partial charge in [0.15, 0.2) is 5.76 Å². The van der Waals surface area contributed by atoms with Gasteiger partial charge in [-0.05, 0) is 17.7 Å². The van der Waals surface area contributed by atoms with Crippen LogP contribution in [0, 0.1) is 0 Å². The van der Waals surface area contributed by atoms with Gasteiger partial charge in [-0.15, -0.1) is 11.3 Å². The zero-order chi connectivity index (χ0) is 17.6. The average molecular weight is 353 g/mol. The molecule has 2 aromatic rings. The number of aliphatic hydroxyl groups excluding tert-OH is 2. The van der Waals surface area contributed by atoms with Crippen molar-refractivity contribution in [3.8, 4) is 0 Å². The maximum Gasteiger partial charge on any atom is 0.155 e. The zero-order valence-electron chi connectivity index (χ0n) is 13.8. The number of allylic oxidation sites excluding steroid dienone is 5. The fourth-order valence-electron chi connectivity index (χ4n) is 2.30. The second-order valence-corrected chi connectivity index (χ2v) is 6.57. The molecule has 25 heavy (non-hydrogen) atoms. The molecule has 1 aliphatic rings. The molecule has 6 heteroatoms. The van der Waals surface area contributed by atoms with Crippen LogP contribution in [0.3, 0.4) is 0 Å². The summed E-state index contributed by atoms with van der Waals surface area (Å²) in [5, 5.41) is 23.9. The highest BCUT2D eigenvalue weighted by Gasteiger charge is 2.06. The Morgan fingerprint density at radius 1 is 1.28 bits per heavy atom. The number of aliphatic hydroxyl groups is 2. The standard InChI is InChI=1S/C19H19N3O2S/c1-20-18-10-7-13(12-21-18)5-3-2-4-6-19-22-14-11-16(24)15(23)8-9-17(14)25-19/h2-5,7,9-12,23-24H,6,8H2,1H3,(H,20,21)/b4-2+,5-3+. The molecule has 0 atom stereocenters. The normalized spacial score (nSPS) is 14.3. The van der Waals surface area contributed by atoms with E-state index in [1.165, 1.54) is 6.08 Å². The van der Waals surface area contributed by atoms with E-state index in [1.54, 1.807) is 11.3 Å². The van der Waals surface area contributed by atoms with E-state index in [1.807, 2.05) is 55.8 Å². The van der Waals surface area contributed by atoms with E-state index >= 15 is 0 Å². The summed E-state index contributed by atoms with van der Waals surface area (Å²) >= 11 is 1.57. The molecule has 0 spiro atoms. The Kier molecular flexibility index (Phi) is 5.30. The van der Waals surface area contributed by atoms with E-state index in [0.29, 0.717) is 11.8 Å². The van der Waals surface area contributed by atoms with Crippen LogP contribution >= 0.6 is 11.3 Å². The van der Waals surface area contributed by atoms with Crippen molar-refractivity contribution in [2.75, 3.05) is 12.4 Å². The summed E-state index contributed by atoms with van der Waals surface area (Å²) in [5.74, 6) is 0.719. The number of aromatic nitrogens is 2. The van der Waals surface area contributed by atoms with Crippen molar-refractivity contribution in [2.45, 2.75) is 12.8 Å². The van der Waals surface area contributed by atoms with Crippen molar-refractivity contribution >= 4 is 35.4 Å². The van der Waals surface area contributed by atoms with Crippen LogP contribution < -0.4 is 15.2 Å². The van der Waals surface area contributed by atoms with Gasteiger partial charge in [0.05, 0.1) is 14.9 Å². The first-order valence-electron chi connectivity index (χ1n) is 7.91. The number of nitrogens with zero attached hydrogens (tertiary/aromatic N) is 2. The van der Waals surface area contributed by atoms with Gasteiger partial charge < -0.3 is 15.5 Å². The lowest BCUT2D eigenvalue weighted by atomic mass is 10.2. The molecule has 5 nitrogen and oxygen atoms in total. The van der Waals surface area contributed by atoms with Crippen molar-refractivity contribution in [1.82, 2.24) is 9.97 Å². The lowest BCUT2D eigenvalue weighted by Gasteiger charge is -1.97. The van der Waals surface area contributed by atoms with E-state index in [0.717, 1.165) is 27.3 Å². The molecule has 0 saturated heterocycles. The van der Waals surface area contributed by atoms with Crippen LogP contribution in [0.2, 0.25) is 0 Å². The molecule has 128 valence electrons. The molecule has 3 N–H and O–H groups in total. The van der Waals surface area contributed by atoms with Crippen LogP contribution in [-0.4, -0.2) is 27.2 Å². The third-order valence-corrected chi connectivity index (χ3v) is 4.74. The fraction of sp³-hybridized carbons (Fsp3) is 0.158. The average Bonchev–Trinajstić information content (AvgIpc) is 2.95. The highest BCUT2D eigenvalue weighted by molar-refractivity contribution is 7.09. The highest BCUT2D eigenvalue weighted by atomic mass is 32.1. The van der Waals surface area contributed by atoms with Gasteiger partial charge in [0.2, 0.25) is 0 Å². The summed E-state index contributed by atoms with van der Waals surface area (Å²) in [5.41, 5.74) is 1.04. The van der Waals surface area contributed by atoms with E-state index in [-0.39, 0.29) is 11.5 Å². The van der Waals surface area contributed by atoms with Gasteiger partial charge >= 0.3 is 0 Å². The number of fused-ring (bicyclic) bond motifs is 1. The van der Waals surface area contributed by atoms with E-state index < -0.39 is 0 Å². The third-order valence-electron chi connectivity index (χ3n) is 3.65. The third kappa shape index (κ3) is 4.36. The smallest absolute Gasteiger partial charge is 0.155 e. The summed E-state index contributed by atoms with van der Waals surface area (Å²) in [6.45, 7) is 0. The Labute approximate surface area is 149 Å².